The molecule has 1 aliphatic heterocycles. The molecule has 0 bridgehead atoms. The van der Waals surface area contributed by atoms with Gasteiger partial charge in [-0.1, -0.05) is 37.5 Å². The summed E-state index contributed by atoms with van der Waals surface area (Å²) in [5, 5.41) is 3.35. The highest BCUT2D eigenvalue weighted by molar-refractivity contribution is 5.32. The zero-order chi connectivity index (χ0) is 18.8. The van der Waals surface area contributed by atoms with Gasteiger partial charge in [0.2, 0.25) is 0 Å². The highest BCUT2D eigenvalue weighted by Crippen LogP contribution is 2.40. The molecule has 1 saturated heterocycles. The van der Waals surface area contributed by atoms with Crippen LogP contribution in [-0.2, 0) is 5.92 Å². The van der Waals surface area contributed by atoms with Gasteiger partial charge in [-0.3, -0.25) is 0 Å². The monoisotopic (exact) mass is 365 g/mol. The second kappa shape index (κ2) is 7.91. The number of likely N-dealkylation sites (N-methyl/N-ethyl adjacent to an activating group) is 1. The average Bonchev–Trinajstić information content (AvgIpc) is 3.07. The number of hydrogen-bond acceptors (Lipinski definition) is 3. The average molecular weight is 366 g/mol. The Morgan fingerprint density at radius 2 is 2.04 bits per heavy atom. The molecule has 1 heterocycles. The Hall–Kier alpha value is -1.04. The van der Waals surface area contributed by atoms with E-state index in [4.69, 9.17) is 5.73 Å². The van der Waals surface area contributed by atoms with E-state index in [1.165, 1.54) is 12.5 Å². The smallest absolute Gasteiger partial charge is 0.270 e. The lowest BCUT2D eigenvalue weighted by atomic mass is 9.70. The van der Waals surface area contributed by atoms with Gasteiger partial charge in [0.05, 0.1) is 0 Å². The molecule has 0 aromatic heterocycles. The van der Waals surface area contributed by atoms with Crippen LogP contribution in [0.15, 0.2) is 24.3 Å². The van der Waals surface area contributed by atoms with E-state index in [0.29, 0.717) is 6.04 Å². The van der Waals surface area contributed by atoms with E-state index in [2.05, 4.69) is 10.2 Å². The summed E-state index contributed by atoms with van der Waals surface area (Å²) in [6.07, 6.45) is 6.59. The Labute approximate surface area is 156 Å². The van der Waals surface area contributed by atoms with E-state index < -0.39 is 5.92 Å². The molecule has 146 valence electrons. The molecule has 1 aromatic rings. The van der Waals surface area contributed by atoms with E-state index in [-0.39, 0.29) is 17.0 Å². The highest BCUT2D eigenvalue weighted by Gasteiger charge is 2.39. The van der Waals surface area contributed by atoms with Crippen LogP contribution in [0.1, 0.15) is 62.5 Å². The lowest BCUT2D eigenvalue weighted by Gasteiger charge is -2.42. The molecule has 3 rings (SSSR count). The molecule has 1 aromatic carbocycles. The quantitative estimate of drug-likeness (QED) is 0.805. The molecule has 5 heteroatoms. The van der Waals surface area contributed by atoms with Crippen LogP contribution in [0.2, 0.25) is 0 Å². The maximum atomic E-state index is 13.9. The van der Waals surface area contributed by atoms with E-state index >= 15 is 0 Å². The number of halogens is 2. The molecule has 0 radical (unpaired) electrons. The van der Waals surface area contributed by atoms with E-state index in [1.807, 2.05) is 13.1 Å². The predicted molar refractivity (Wildman–Crippen MR) is 103 cm³/mol. The fraction of sp³-hybridized carbons (Fsp3) is 0.714. The summed E-state index contributed by atoms with van der Waals surface area (Å²) in [5.41, 5.74) is 7.68. The normalized spacial score (nSPS) is 25.3. The molecule has 1 aliphatic carbocycles. The van der Waals surface area contributed by atoms with Crippen molar-refractivity contribution in [1.82, 2.24) is 10.2 Å². The number of nitrogens with one attached hydrogen (secondary N) is 1. The molecule has 2 fully saturated rings. The molecular weight excluding hydrogens is 332 g/mol. The van der Waals surface area contributed by atoms with Crippen molar-refractivity contribution >= 4 is 0 Å². The second-order valence-corrected chi connectivity index (χ2v) is 8.39. The van der Waals surface area contributed by atoms with Gasteiger partial charge in [-0.2, -0.15) is 0 Å². The second-order valence-electron chi connectivity index (χ2n) is 8.39. The number of rotatable bonds is 6. The SMILES string of the molecule is CN[C@@H]1CCN(CC(c2cccc(C(C)(F)F)c2)C2(N)CCCCC2)C1. The van der Waals surface area contributed by atoms with Gasteiger partial charge < -0.3 is 16.0 Å². The van der Waals surface area contributed by atoms with Crippen LogP contribution in [-0.4, -0.2) is 43.2 Å². The van der Waals surface area contributed by atoms with E-state index in [9.17, 15) is 8.78 Å². The molecule has 3 nitrogen and oxygen atoms in total. The van der Waals surface area contributed by atoms with Gasteiger partial charge in [0.25, 0.3) is 5.92 Å². The van der Waals surface area contributed by atoms with Crippen molar-refractivity contribution in [1.29, 1.82) is 0 Å². The predicted octanol–water partition coefficient (Wildman–Crippen LogP) is 3.84. The van der Waals surface area contributed by atoms with Gasteiger partial charge in [-0.05, 0) is 44.5 Å². The lowest BCUT2D eigenvalue weighted by molar-refractivity contribution is 0.0173. The molecule has 1 unspecified atom stereocenters. The van der Waals surface area contributed by atoms with Crippen LogP contribution in [0.5, 0.6) is 0 Å². The maximum absolute atomic E-state index is 13.9. The van der Waals surface area contributed by atoms with E-state index in [0.717, 1.165) is 64.2 Å². The fourth-order valence-electron chi connectivity index (χ4n) is 4.70. The minimum absolute atomic E-state index is 0.0916. The van der Waals surface area contributed by atoms with Crippen molar-refractivity contribution < 1.29 is 8.78 Å². The third-order valence-electron chi connectivity index (χ3n) is 6.40. The highest BCUT2D eigenvalue weighted by atomic mass is 19.3. The largest absolute Gasteiger partial charge is 0.325 e. The molecule has 26 heavy (non-hydrogen) atoms. The molecule has 1 saturated carbocycles. The summed E-state index contributed by atoms with van der Waals surface area (Å²) >= 11 is 0. The third kappa shape index (κ3) is 4.44. The number of hydrogen-bond donors (Lipinski definition) is 2. The lowest BCUT2D eigenvalue weighted by Crippen LogP contribution is -2.51. The van der Waals surface area contributed by atoms with Crippen molar-refractivity contribution in [3.8, 4) is 0 Å². The summed E-state index contributed by atoms with van der Waals surface area (Å²) in [5.74, 6) is -2.72. The van der Waals surface area contributed by atoms with E-state index in [1.54, 1.807) is 12.1 Å². The van der Waals surface area contributed by atoms with Crippen LogP contribution in [0.4, 0.5) is 8.78 Å². The van der Waals surface area contributed by atoms with Crippen molar-refractivity contribution in [2.24, 2.45) is 5.73 Å². The van der Waals surface area contributed by atoms with Gasteiger partial charge in [0, 0.05) is 43.1 Å². The zero-order valence-corrected chi connectivity index (χ0v) is 16.1. The van der Waals surface area contributed by atoms with Gasteiger partial charge in [0.15, 0.2) is 0 Å². The molecule has 3 N–H and O–H groups in total. The first-order chi connectivity index (χ1) is 12.3. The summed E-state index contributed by atoms with van der Waals surface area (Å²) in [6, 6.07) is 7.50. The number of likely N-dealkylation sites (tertiary alicyclic amines) is 1. The summed E-state index contributed by atoms with van der Waals surface area (Å²) in [4.78, 5) is 2.45. The van der Waals surface area contributed by atoms with Crippen LogP contribution >= 0.6 is 0 Å². The van der Waals surface area contributed by atoms with Crippen LogP contribution in [0.25, 0.3) is 0 Å². The molecule has 2 aliphatic rings. The first-order valence-electron chi connectivity index (χ1n) is 9.98. The van der Waals surface area contributed by atoms with Gasteiger partial charge >= 0.3 is 0 Å². The van der Waals surface area contributed by atoms with Crippen LogP contribution in [0, 0.1) is 0 Å². The summed E-state index contributed by atoms with van der Waals surface area (Å²) in [6.45, 7) is 3.87. The van der Waals surface area contributed by atoms with Crippen molar-refractivity contribution in [3.05, 3.63) is 35.4 Å². The standard InChI is InChI=1S/C21H33F2N3/c1-20(22,23)17-8-6-7-16(13-17)19(21(24)10-4-3-5-11-21)15-26-12-9-18(14-26)25-2/h6-8,13,18-19,25H,3-5,9-12,14-15,24H2,1-2H3/t18-,19?/m1/s1. The number of nitrogens with zero attached hydrogens (tertiary/aromatic N) is 1. The molecule has 0 spiro atoms. The maximum Gasteiger partial charge on any atom is 0.270 e. The van der Waals surface area contributed by atoms with Crippen molar-refractivity contribution in [2.75, 3.05) is 26.7 Å². The Morgan fingerprint density at radius 3 is 2.65 bits per heavy atom. The zero-order valence-electron chi connectivity index (χ0n) is 16.1. The third-order valence-corrected chi connectivity index (χ3v) is 6.40. The number of benzene rings is 1. The van der Waals surface area contributed by atoms with Gasteiger partial charge in [-0.25, -0.2) is 8.78 Å². The first kappa shape index (κ1) is 19.7. The van der Waals surface area contributed by atoms with Crippen molar-refractivity contribution in [2.45, 2.75) is 68.9 Å². The molecule has 2 atom stereocenters. The van der Waals surface area contributed by atoms with Gasteiger partial charge in [0.1, 0.15) is 0 Å². The Kier molecular flexibility index (Phi) is 6.00. The Morgan fingerprint density at radius 1 is 1.31 bits per heavy atom. The number of nitrogens with two attached hydrogens (primary N) is 1. The number of alkyl halides is 2. The topological polar surface area (TPSA) is 41.3 Å². The Bertz CT molecular complexity index is 593. The minimum atomic E-state index is -2.82. The van der Waals surface area contributed by atoms with Crippen LogP contribution in [0.3, 0.4) is 0 Å². The van der Waals surface area contributed by atoms with Crippen molar-refractivity contribution in [3.63, 3.8) is 0 Å². The van der Waals surface area contributed by atoms with Crippen LogP contribution < -0.4 is 11.1 Å². The minimum Gasteiger partial charge on any atom is -0.325 e. The first-order valence-corrected chi connectivity index (χ1v) is 9.98. The fourth-order valence-corrected chi connectivity index (χ4v) is 4.70. The summed E-state index contributed by atoms with van der Waals surface area (Å²) in [7, 11) is 2.00. The summed E-state index contributed by atoms with van der Waals surface area (Å²) < 4.78 is 27.8. The molecular formula is C21H33F2N3. The van der Waals surface area contributed by atoms with Gasteiger partial charge in [-0.15, -0.1) is 0 Å². The Balaban J connectivity index is 1.88. The molecule has 0 amide bonds.